The van der Waals surface area contributed by atoms with E-state index in [1.807, 2.05) is 0 Å². The van der Waals surface area contributed by atoms with Crippen molar-refractivity contribution < 1.29 is 5.43 Å². The molecule has 1 aliphatic heterocycles. The normalized spacial score (nSPS) is 12.8. The number of H-pyrrole nitrogens is 1. The minimum Gasteiger partial charge on any atom is -0.177 e. The van der Waals surface area contributed by atoms with Gasteiger partial charge in [-0.1, -0.05) is 10.3 Å². The highest BCUT2D eigenvalue weighted by Gasteiger charge is 1.79. The van der Waals surface area contributed by atoms with E-state index >= 15 is 0 Å². The molecule has 0 fully saturated rings. The Balaban J connectivity index is 0.0000001000. The largest absolute Gasteiger partial charge is 0.236 e. The number of hydrogen-bond donors (Lipinski definition) is 2. The molecule has 1 aromatic rings. The first kappa shape index (κ1) is 6.42. The molecule has 0 atom stereocenters. The van der Waals surface area contributed by atoms with Crippen LogP contribution in [0.15, 0.2) is 21.9 Å². The van der Waals surface area contributed by atoms with Gasteiger partial charge >= 0.3 is 0 Å². The Kier molecular flexibility index (Phi) is 2.70. The third kappa shape index (κ3) is 2.57. The molecule has 8 nitrogen and oxygen atoms in total. The molecule has 0 aromatic carbocycles. The molecule has 1 aliphatic rings. The van der Waals surface area contributed by atoms with Gasteiger partial charge in [-0.3, -0.25) is 0 Å². The maximum atomic E-state index is 3.38. The number of rotatable bonds is 0. The van der Waals surface area contributed by atoms with E-state index in [1.54, 1.807) is 0 Å². The second kappa shape index (κ2) is 4.21. The van der Waals surface area contributed by atoms with Crippen LogP contribution in [0.2, 0.25) is 0 Å². The van der Waals surface area contributed by atoms with Crippen molar-refractivity contribution in [2.24, 2.45) is 15.5 Å². The Morgan fingerprint density at radius 2 is 2.40 bits per heavy atom. The first-order valence-electron chi connectivity index (χ1n) is 2.41. The van der Waals surface area contributed by atoms with Crippen LogP contribution in [0.1, 0.15) is 0 Å². The van der Waals surface area contributed by atoms with Crippen molar-refractivity contribution in [2.45, 2.75) is 0 Å². The highest BCUT2D eigenvalue weighted by Crippen LogP contribution is 1.64. The lowest BCUT2D eigenvalue weighted by molar-refractivity contribution is -0.538. The summed E-state index contributed by atoms with van der Waals surface area (Å²) in [6.07, 6.45) is 2.86. The lowest BCUT2D eigenvalue weighted by atomic mass is 11.4. The molecular formula is C2H5N8+. The summed E-state index contributed by atoms with van der Waals surface area (Å²) in [4.78, 5) is 0. The number of nitrogens with zero attached hydrogens (tertiary/aromatic N) is 6. The number of quaternary nitrogens is 1. The molecule has 0 saturated heterocycles. The maximum absolute atomic E-state index is 3.38. The number of tetrazole rings is 1. The van der Waals surface area contributed by atoms with Crippen LogP contribution < -0.4 is 5.43 Å². The number of nitrogens with two attached hydrogens (primary N) is 1. The van der Waals surface area contributed by atoms with E-state index in [0.717, 1.165) is 0 Å². The van der Waals surface area contributed by atoms with Crippen LogP contribution in [0.3, 0.4) is 0 Å². The summed E-state index contributed by atoms with van der Waals surface area (Å²) < 4.78 is 0. The fourth-order valence-electron chi connectivity index (χ4n) is 0.278. The molecule has 0 spiro atoms. The van der Waals surface area contributed by atoms with Crippen LogP contribution in [-0.2, 0) is 0 Å². The molecular weight excluding hydrogens is 136 g/mol. The second-order valence-electron chi connectivity index (χ2n) is 1.18. The summed E-state index contributed by atoms with van der Waals surface area (Å²) in [6.45, 7) is 0. The Bertz CT molecular complexity index is 170. The topological polar surface area (TPSA) is 108 Å². The van der Waals surface area contributed by atoms with E-state index in [2.05, 4.69) is 36.2 Å². The molecule has 3 N–H and O–H groups in total. The van der Waals surface area contributed by atoms with Gasteiger partial charge < -0.3 is 0 Å². The van der Waals surface area contributed by atoms with Gasteiger partial charge in [-0.15, -0.1) is 10.2 Å². The van der Waals surface area contributed by atoms with Crippen LogP contribution >= 0.6 is 0 Å². The standard InChI is InChI=1S/2CH2N4/c2*1-2-4-5-3-1/h2*1H,(H,2,3,4,5)/p+1. The third-order valence-electron chi connectivity index (χ3n) is 0.573. The maximum Gasteiger partial charge on any atom is 0.236 e. The molecule has 0 aliphatic carbocycles. The molecule has 0 saturated carbocycles. The first-order chi connectivity index (χ1) is 5.00. The molecule has 10 heavy (non-hydrogen) atoms. The van der Waals surface area contributed by atoms with Crippen molar-refractivity contribution in [3.05, 3.63) is 6.33 Å². The molecule has 2 rings (SSSR count). The molecule has 0 bridgehead atoms. The molecule has 1 aromatic heterocycles. The van der Waals surface area contributed by atoms with Gasteiger partial charge in [0.15, 0.2) is 6.33 Å². The van der Waals surface area contributed by atoms with Gasteiger partial charge in [-0.05, 0) is 0 Å². The zero-order chi connectivity index (χ0) is 7.07. The van der Waals surface area contributed by atoms with Gasteiger partial charge in [0.1, 0.15) is 0 Å². The lowest BCUT2D eigenvalue weighted by Gasteiger charge is -1.52. The van der Waals surface area contributed by atoms with Crippen LogP contribution in [-0.4, -0.2) is 27.0 Å². The number of aromatic nitrogens is 4. The Morgan fingerprint density at radius 1 is 1.40 bits per heavy atom. The zero-order valence-electron chi connectivity index (χ0n) is 4.92. The number of nitrogens with one attached hydrogen (secondary N) is 1. The van der Waals surface area contributed by atoms with Crippen molar-refractivity contribution in [3.8, 4) is 0 Å². The molecule has 2 heterocycles. The SMILES string of the molecule is C1=NN=N[NH2+]1.c1nn[nH]n1. The average molecular weight is 141 g/mol. The van der Waals surface area contributed by atoms with Crippen LogP contribution in [0.25, 0.3) is 0 Å². The average Bonchev–Trinajstić information content (AvgIpc) is 2.67. The molecule has 52 valence electrons. The minimum absolute atomic E-state index is 1.33. The highest BCUT2D eigenvalue weighted by molar-refractivity contribution is 5.41. The summed E-state index contributed by atoms with van der Waals surface area (Å²) in [5.41, 5.74) is 1.53. The van der Waals surface area contributed by atoms with Gasteiger partial charge in [0.2, 0.25) is 6.34 Å². The van der Waals surface area contributed by atoms with E-state index < -0.39 is 0 Å². The van der Waals surface area contributed by atoms with E-state index in [9.17, 15) is 0 Å². The number of hydrogen-bond acceptors (Lipinski definition) is 6. The summed E-state index contributed by atoms with van der Waals surface area (Å²) in [5, 5.41) is 22.1. The minimum atomic E-state index is 1.33. The third-order valence-corrected chi connectivity index (χ3v) is 0.573. The summed E-state index contributed by atoms with van der Waals surface area (Å²) in [5.74, 6) is 0. The molecule has 8 heteroatoms. The first-order valence-corrected chi connectivity index (χ1v) is 2.41. The quantitative estimate of drug-likeness (QED) is 0.411. The van der Waals surface area contributed by atoms with E-state index in [0.29, 0.717) is 0 Å². The Labute approximate surface area is 55.4 Å². The van der Waals surface area contributed by atoms with Gasteiger partial charge in [0.05, 0.1) is 5.22 Å². The smallest absolute Gasteiger partial charge is 0.177 e. The van der Waals surface area contributed by atoms with Crippen molar-refractivity contribution >= 4 is 6.34 Å². The summed E-state index contributed by atoms with van der Waals surface area (Å²) in [7, 11) is 0. The lowest BCUT2D eigenvalue weighted by Crippen LogP contribution is -2.74. The summed E-state index contributed by atoms with van der Waals surface area (Å²) >= 11 is 0. The monoisotopic (exact) mass is 141 g/mol. The fraction of sp³-hybridized carbons (Fsp3) is 0. The summed E-state index contributed by atoms with van der Waals surface area (Å²) in [6, 6.07) is 0. The van der Waals surface area contributed by atoms with E-state index in [4.69, 9.17) is 0 Å². The van der Waals surface area contributed by atoms with E-state index in [-0.39, 0.29) is 0 Å². The van der Waals surface area contributed by atoms with Gasteiger partial charge in [-0.25, -0.2) is 0 Å². The Morgan fingerprint density at radius 3 is 2.60 bits per heavy atom. The molecule has 0 radical (unpaired) electrons. The van der Waals surface area contributed by atoms with Crippen LogP contribution in [0.4, 0.5) is 0 Å². The van der Waals surface area contributed by atoms with E-state index in [1.165, 1.54) is 18.1 Å². The van der Waals surface area contributed by atoms with Crippen molar-refractivity contribution in [3.63, 3.8) is 0 Å². The Hall–Kier alpha value is -1.70. The zero-order valence-corrected chi connectivity index (χ0v) is 4.92. The molecule has 0 unspecified atom stereocenters. The number of aromatic amines is 1. The van der Waals surface area contributed by atoms with Crippen LogP contribution in [0.5, 0.6) is 0 Å². The molecule has 0 amide bonds. The van der Waals surface area contributed by atoms with Gasteiger partial charge in [0, 0.05) is 5.22 Å². The van der Waals surface area contributed by atoms with Crippen molar-refractivity contribution in [2.75, 3.05) is 0 Å². The van der Waals surface area contributed by atoms with Crippen molar-refractivity contribution in [1.82, 2.24) is 20.6 Å². The van der Waals surface area contributed by atoms with Gasteiger partial charge in [0.25, 0.3) is 0 Å². The highest BCUT2D eigenvalue weighted by atomic mass is 15.6. The van der Waals surface area contributed by atoms with Crippen LogP contribution in [0, 0.1) is 0 Å². The fourth-order valence-corrected chi connectivity index (χ4v) is 0.278. The van der Waals surface area contributed by atoms with Crippen molar-refractivity contribution in [1.29, 1.82) is 0 Å². The second-order valence-corrected chi connectivity index (χ2v) is 1.18. The van der Waals surface area contributed by atoms with Gasteiger partial charge in [-0.2, -0.15) is 10.6 Å². The predicted octanol–water partition coefficient (Wildman–Crippen LogP) is -1.93. The predicted molar refractivity (Wildman–Crippen MR) is 29.5 cm³/mol.